The topological polar surface area (TPSA) is 178 Å². The summed E-state index contributed by atoms with van der Waals surface area (Å²) >= 11 is 9.74. The van der Waals surface area contributed by atoms with Crippen LogP contribution >= 0.6 is 47.8 Å². The lowest BCUT2D eigenvalue weighted by Crippen LogP contribution is -2.55. The van der Waals surface area contributed by atoms with Crippen LogP contribution in [-0.4, -0.2) is 103 Å². The number of imide groups is 2. The van der Waals surface area contributed by atoms with Gasteiger partial charge < -0.3 is 28.8 Å². The molecule has 4 aromatic rings. The van der Waals surface area contributed by atoms with Crippen molar-refractivity contribution in [1.29, 1.82) is 0 Å². The van der Waals surface area contributed by atoms with Crippen LogP contribution in [0.25, 0.3) is 0 Å². The highest BCUT2D eigenvalue weighted by molar-refractivity contribution is 9.11. The summed E-state index contributed by atoms with van der Waals surface area (Å²) in [5.41, 5.74) is 0.384. The molecule has 1 N–H and O–H groups in total. The van der Waals surface area contributed by atoms with E-state index in [0.717, 1.165) is 20.9 Å². The minimum Gasteiger partial charge on any atom is -0.443 e. The number of hydrogen-bond acceptors (Lipinski definition) is 12. The number of piperazine rings is 2. The van der Waals surface area contributed by atoms with Crippen LogP contribution in [0.3, 0.4) is 0 Å². The number of nitrogens with one attached hydrogen (secondary N) is 1. The molecule has 0 atom stereocenters. The summed E-state index contributed by atoms with van der Waals surface area (Å²) in [5, 5.41) is 2.88. The summed E-state index contributed by atoms with van der Waals surface area (Å²) in [5.74, 6) is -0.487. The number of ether oxygens (including phenoxy) is 2. The SMILES string of the molecule is CC(C)(C)OC(=O)N1CCN(c2nc(Br)cn(Cc3ccccc3)c2=O)CC1=O.CC(C)(C)OC(=O)N1CCNCC1=O.O=c1c(Br)nc(Br)cn1Cc1ccccc1. The van der Waals surface area contributed by atoms with E-state index in [-0.39, 0.29) is 42.5 Å². The maximum atomic E-state index is 13.0. The first-order valence-corrected chi connectivity index (χ1v) is 20.9. The average Bonchev–Trinajstić information content (AvgIpc) is 3.15. The van der Waals surface area contributed by atoms with Crippen LogP contribution in [0.1, 0.15) is 52.7 Å². The second-order valence-electron chi connectivity index (χ2n) is 15.2. The lowest BCUT2D eigenvalue weighted by atomic mass is 10.2. The fourth-order valence-electron chi connectivity index (χ4n) is 5.45. The van der Waals surface area contributed by atoms with Crippen molar-refractivity contribution < 1.29 is 28.7 Å². The predicted octanol–water partition coefficient (Wildman–Crippen LogP) is 5.81. The van der Waals surface area contributed by atoms with Crippen molar-refractivity contribution in [3.63, 3.8) is 0 Å². The largest absolute Gasteiger partial charge is 0.443 e. The quantitative estimate of drug-likeness (QED) is 0.254. The summed E-state index contributed by atoms with van der Waals surface area (Å²) in [6.07, 6.45) is 2.08. The fourth-order valence-corrected chi connectivity index (χ4v) is 6.95. The van der Waals surface area contributed by atoms with Crippen LogP contribution in [0.5, 0.6) is 0 Å². The van der Waals surface area contributed by atoms with Gasteiger partial charge in [0.2, 0.25) is 5.91 Å². The molecule has 59 heavy (non-hydrogen) atoms. The number of benzene rings is 2. The van der Waals surface area contributed by atoms with Crippen LogP contribution in [0, 0.1) is 0 Å². The highest BCUT2D eigenvalue weighted by atomic mass is 79.9. The molecule has 2 aliphatic heterocycles. The van der Waals surface area contributed by atoms with Crippen molar-refractivity contribution in [2.75, 3.05) is 44.2 Å². The Balaban J connectivity index is 0.000000216. The molecule has 0 bridgehead atoms. The first-order valence-electron chi connectivity index (χ1n) is 18.5. The second-order valence-corrected chi connectivity index (χ2v) is 17.6. The summed E-state index contributed by atoms with van der Waals surface area (Å²) in [6, 6.07) is 19.4. The van der Waals surface area contributed by atoms with Gasteiger partial charge in [-0.05, 0) is 100 Å². The Morgan fingerprint density at radius 1 is 0.661 bits per heavy atom. The lowest BCUT2D eigenvalue weighted by molar-refractivity contribution is -0.131. The van der Waals surface area contributed by atoms with Gasteiger partial charge in [0.05, 0.1) is 26.2 Å². The van der Waals surface area contributed by atoms with E-state index in [1.807, 2.05) is 60.7 Å². The molecule has 0 unspecified atom stereocenters. The van der Waals surface area contributed by atoms with E-state index >= 15 is 0 Å². The molecule has 0 aliphatic carbocycles. The van der Waals surface area contributed by atoms with Crippen LogP contribution in [0.2, 0.25) is 0 Å². The zero-order valence-electron chi connectivity index (χ0n) is 33.6. The molecule has 0 spiro atoms. The third kappa shape index (κ3) is 14.8. The van der Waals surface area contributed by atoms with Crippen molar-refractivity contribution in [2.45, 2.75) is 65.8 Å². The number of hydrogen-bond donors (Lipinski definition) is 1. The van der Waals surface area contributed by atoms with Gasteiger partial charge in [0, 0.05) is 38.6 Å². The van der Waals surface area contributed by atoms with Gasteiger partial charge in [0.1, 0.15) is 20.4 Å². The van der Waals surface area contributed by atoms with Gasteiger partial charge >= 0.3 is 12.2 Å². The highest BCUT2D eigenvalue weighted by Crippen LogP contribution is 2.18. The molecule has 19 heteroatoms. The van der Waals surface area contributed by atoms with Gasteiger partial charge in [-0.3, -0.25) is 19.2 Å². The Kier molecular flexibility index (Phi) is 16.7. The first kappa shape index (κ1) is 47.0. The minimum atomic E-state index is -0.689. The average molecular weight is 1010 g/mol. The van der Waals surface area contributed by atoms with Gasteiger partial charge in [0.25, 0.3) is 17.0 Å². The number of rotatable bonds is 5. The maximum Gasteiger partial charge on any atom is 0.417 e. The Hall–Kier alpha value is -4.72. The third-order valence-corrected chi connectivity index (χ3v) is 9.34. The molecule has 2 aliphatic rings. The second kappa shape index (κ2) is 21.0. The van der Waals surface area contributed by atoms with Crippen molar-refractivity contribution in [1.82, 2.24) is 34.2 Å². The van der Waals surface area contributed by atoms with Gasteiger partial charge in [0.15, 0.2) is 10.4 Å². The third-order valence-electron chi connectivity index (χ3n) is 8.06. The normalized spacial score (nSPS) is 14.4. The number of anilines is 1. The molecule has 4 amide bonds. The maximum absolute atomic E-state index is 13.0. The number of amides is 4. The van der Waals surface area contributed by atoms with E-state index in [1.54, 1.807) is 68.0 Å². The zero-order valence-corrected chi connectivity index (χ0v) is 38.4. The van der Waals surface area contributed by atoms with E-state index in [0.29, 0.717) is 46.5 Å². The number of halogens is 3. The van der Waals surface area contributed by atoms with Crippen LogP contribution in [-0.2, 0) is 32.2 Å². The molecule has 16 nitrogen and oxygen atoms in total. The molecule has 2 aromatic heterocycles. The Morgan fingerprint density at radius 2 is 1.14 bits per heavy atom. The van der Waals surface area contributed by atoms with E-state index < -0.39 is 29.3 Å². The molecule has 6 rings (SSSR count). The Bertz CT molecular complexity index is 2220. The van der Waals surface area contributed by atoms with Crippen LogP contribution in [0.4, 0.5) is 15.4 Å². The first-order chi connectivity index (χ1) is 27.7. The van der Waals surface area contributed by atoms with E-state index in [4.69, 9.17) is 9.47 Å². The zero-order chi connectivity index (χ0) is 43.5. The molecule has 2 fully saturated rings. The number of carbonyl (C=O) groups is 4. The Labute approximate surface area is 367 Å². The van der Waals surface area contributed by atoms with E-state index in [2.05, 4.69) is 63.1 Å². The molecule has 2 aromatic carbocycles. The molecule has 4 heterocycles. The summed E-state index contributed by atoms with van der Waals surface area (Å²) in [4.78, 5) is 84.3. The van der Waals surface area contributed by atoms with Crippen molar-refractivity contribution in [2.24, 2.45) is 0 Å². The smallest absolute Gasteiger partial charge is 0.417 e. The number of aromatic nitrogens is 4. The predicted molar refractivity (Wildman–Crippen MR) is 232 cm³/mol. The molecular formula is C40H47Br3N8O8. The van der Waals surface area contributed by atoms with Crippen molar-refractivity contribution in [3.8, 4) is 0 Å². The number of nitrogens with zero attached hydrogens (tertiary/aromatic N) is 7. The van der Waals surface area contributed by atoms with Crippen molar-refractivity contribution in [3.05, 3.63) is 119 Å². The molecule has 316 valence electrons. The number of carbonyl (C=O) groups excluding carboxylic acids is 4. The van der Waals surface area contributed by atoms with Gasteiger partial charge in [-0.15, -0.1) is 0 Å². The lowest BCUT2D eigenvalue weighted by Gasteiger charge is -2.34. The fraction of sp³-hybridized carbons (Fsp3) is 0.400. The van der Waals surface area contributed by atoms with Crippen molar-refractivity contribution >= 4 is 77.6 Å². The van der Waals surface area contributed by atoms with E-state index in [1.165, 1.54) is 0 Å². The summed E-state index contributed by atoms with van der Waals surface area (Å²) in [6.45, 7) is 13.0. The van der Waals surface area contributed by atoms with E-state index in [9.17, 15) is 28.8 Å². The standard InChI is InChI=1S/C20H23BrN4O4.C11H8Br2N2O.C9H16N2O3/c1-20(2,3)29-19(28)25-10-9-23(13-16(25)26)17-18(27)24(12-15(21)22-17)11-14-7-5-4-6-8-14;12-9-7-15(11(16)10(13)14-9)6-8-4-2-1-3-5-8;1-9(2,3)14-8(13)11-5-4-10-6-7(11)12/h4-8,12H,9-11,13H2,1-3H3;1-5,7H,6H2;10H,4-6H2,1-3H3. The summed E-state index contributed by atoms with van der Waals surface area (Å²) < 4.78 is 15.0. The monoisotopic (exact) mass is 1000 g/mol. The minimum absolute atomic E-state index is 0.122. The molecule has 0 radical (unpaired) electrons. The molecule has 2 saturated heterocycles. The molecule has 0 saturated carbocycles. The van der Waals surface area contributed by atoms with Crippen LogP contribution in [0.15, 0.2) is 96.5 Å². The van der Waals surface area contributed by atoms with Gasteiger partial charge in [-0.2, -0.15) is 0 Å². The molecular weight excluding hydrogens is 960 g/mol. The van der Waals surface area contributed by atoms with Gasteiger partial charge in [-0.25, -0.2) is 29.4 Å². The summed E-state index contributed by atoms with van der Waals surface area (Å²) in [7, 11) is 0. The Morgan fingerprint density at radius 3 is 1.61 bits per heavy atom. The van der Waals surface area contributed by atoms with Crippen LogP contribution < -0.4 is 21.3 Å². The highest BCUT2D eigenvalue weighted by Gasteiger charge is 2.34. The van der Waals surface area contributed by atoms with Gasteiger partial charge in [-0.1, -0.05) is 60.7 Å².